The zero-order valence-corrected chi connectivity index (χ0v) is 21.8. The standard InChI is InChI=1S/C32H36N2O3/c1-31-16-9-14-25(31)24-20-33-28-18-27(35)23(19-32(28,2)26(24)15-17-31)30(37)34(22-12-7-4-8-13-22)29(36)21-10-5-3-6-11-21/h3-8,10-13,18,23-26,33H,9,14-17,19-20H2,1-2H3/t23?,24-,25-,26+,31-,32+/m0/s1. The number of hydrogen-bond acceptors (Lipinski definition) is 4. The van der Waals surface area contributed by atoms with E-state index in [1.807, 2.05) is 24.3 Å². The SMILES string of the molecule is C[C@@]12CCC[C@H]1[C@@H]1CNC3=CC(=O)C(C(=O)N(C(=O)c4ccccc4)c4ccccc4)C[C@]3(C)[C@@H]1CC2. The number of carbonyl (C=O) groups is 3. The average molecular weight is 497 g/mol. The molecule has 4 aliphatic rings. The van der Waals surface area contributed by atoms with Crippen LogP contribution in [0.4, 0.5) is 5.69 Å². The second-order valence-corrected chi connectivity index (χ2v) is 12.2. The molecule has 1 heterocycles. The van der Waals surface area contributed by atoms with Gasteiger partial charge in [-0.2, -0.15) is 0 Å². The number of nitrogens with zero attached hydrogens (tertiary/aromatic N) is 1. The molecule has 0 bridgehead atoms. The third-order valence-corrected chi connectivity index (χ3v) is 10.2. The number of piperidine rings is 1. The summed E-state index contributed by atoms with van der Waals surface area (Å²) in [6.45, 7) is 5.64. The lowest BCUT2D eigenvalue weighted by Crippen LogP contribution is -2.58. The van der Waals surface area contributed by atoms with Gasteiger partial charge < -0.3 is 5.32 Å². The van der Waals surface area contributed by atoms with Crippen LogP contribution in [0.3, 0.4) is 0 Å². The van der Waals surface area contributed by atoms with Gasteiger partial charge in [0.05, 0.1) is 5.69 Å². The number of fused-ring (bicyclic) bond motifs is 5. The molecule has 6 atom stereocenters. The first-order valence-electron chi connectivity index (χ1n) is 13.8. The minimum Gasteiger partial charge on any atom is -0.387 e. The smallest absolute Gasteiger partial charge is 0.265 e. The molecule has 1 unspecified atom stereocenters. The molecule has 1 saturated heterocycles. The van der Waals surface area contributed by atoms with Crippen molar-refractivity contribution in [2.24, 2.45) is 34.5 Å². The number of ketones is 1. The summed E-state index contributed by atoms with van der Waals surface area (Å²) in [5.41, 5.74) is 2.06. The number of anilines is 1. The predicted molar refractivity (Wildman–Crippen MR) is 144 cm³/mol. The van der Waals surface area contributed by atoms with Crippen LogP contribution in [0.5, 0.6) is 0 Å². The van der Waals surface area contributed by atoms with Gasteiger partial charge >= 0.3 is 0 Å². The maximum atomic E-state index is 14.2. The third kappa shape index (κ3) is 3.86. The number of para-hydroxylation sites is 1. The third-order valence-electron chi connectivity index (χ3n) is 10.2. The van der Waals surface area contributed by atoms with Gasteiger partial charge in [0.15, 0.2) is 5.78 Å². The van der Waals surface area contributed by atoms with Crippen molar-refractivity contribution in [2.75, 3.05) is 11.4 Å². The fourth-order valence-electron chi connectivity index (χ4n) is 8.23. The van der Waals surface area contributed by atoms with Crippen LogP contribution in [-0.2, 0) is 9.59 Å². The van der Waals surface area contributed by atoms with Gasteiger partial charge in [-0.15, -0.1) is 0 Å². The Labute approximate surface area is 219 Å². The first kappa shape index (κ1) is 24.1. The summed E-state index contributed by atoms with van der Waals surface area (Å²) < 4.78 is 0. The van der Waals surface area contributed by atoms with Crippen LogP contribution in [0, 0.1) is 34.5 Å². The quantitative estimate of drug-likeness (QED) is 0.432. The molecule has 192 valence electrons. The molecule has 3 aliphatic carbocycles. The lowest BCUT2D eigenvalue weighted by Gasteiger charge is -2.58. The van der Waals surface area contributed by atoms with E-state index in [-0.39, 0.29) is 11.2 Å². The van der Waals surface area contributed by atoms with Gasteiger partial charge in [0, 0.05) is 29.3 Å². The Balaban J connectivity index is 1.34. The van der Waals surface area contributed by atoms with E-state index in [1.165, 1.54) is 30.6 Å². The molecule has 5 nitrogen and oxygen atoms in total. The van der Waals surface area contributed by atoms with Crippen LogP contribution in [0.1, 0.15) is 62.7 Å². The zero-order chi connectivity index (χ0) is 25.8. The highest BCUT2D eigenvalue weighted by atomic mass is 16.2. The molecule has 37 heavy (non-hydrogen) atoms. The maximum absolute atomic E-state index is 14.2. The summed E-state index contributed by atoms with van der Waals surface area (Å²) in [5, 5.41) is 3.64. The molecule has 5 heteroatoms. The number of benzene rings is 2. The highest BCUT2D eigenvalue weighted by Crippen LogP contribution is 2.62. The Kier molecular flexibility index (Phi) is 5.85. The number of allylic oxidation sites excluding steroid dienone is 2. The monoisotopic (exact) mass is 496 g/mol. The van der Waals surface area contributed by atoms with E-state index in [4.69, 9.17) is 0 Å². The number of carbonyl (C=O) groups excluding carboxylic acids is 3. The number of hydrogen-bond donors (Lipinski definition) is 1. The van der Waals surface area contributed by atoms with Gasteiger partial charge in [0.2, 0.25) is 5.91 Å². The minimum absolute atomic E-state index is 0.202. The zero-order valence-electron chi connectivity index (χ0n) is 21.8. The average Bonchev–Trinajstić information content (AvgIpc) is 3.32. The van der Waals surface area contributed by atoms with Gasteiger partial charge in [-0.05, 0) is 79.5 Å². The maximum Gasteiger partial charge on any atom is 0.265 e. The summed E-state index contributed by atoms with van der Waals surface area (Å²) in [6.07, 6.45) is 8.37. The van der Waals surface area contributed by atoms with Gasteiger partial charge in [0.1, 0.15) is 5.92 Å². The van der Waals surface area contributed by atoms with E-state index >= 15 is 0 Å². The summed E-state index contributed by atoms with van der Waals surface area (Å²) in [4.78, 5) is 42.5. The Morgan fingerprint density at radius 1 is 0.919 bits per heavy atom. The minimum atomic E-state index is -0.876. The molecule has 0 radical (unpaired) electrons. The van der Waals surface area contributed by atoms with Crippen molar-refractivity contribution in [3.63, 3.8) is 0 Å². The van der Waals surface area contributed by atoms with Gasteiger partial charge in [-0.25, -0.2) is 4.90 Å². The molecule has 6 rings (SSSR count). The first-order valence-corrected chi connectivity index (χ1v) is 13.8. The second-order valence-electron chi connectivity index (χ2n) is 12.2. The van der Waals surface area contributed by atoms with E-state index in [2.05, 4.69) is 19.2 Å². The molecule has 1 N–H and O–H groups in total. The van der Waals surface area contributed by atoms with E-state index in [9.17, 15) is 14.4 Å². The van der Waals surface area contributed by atoms with Crippen molar-refractivity contribution in [1.82, 2.24) is 5.32 Å². The van der Waals surface area contributed by atoms with Gasteiger partial charge in [-0.3, -0.25) is 14.4 Å². The van der Waals surface area contributed by atoms with Gasteiger partial charge in [0.25, 0.3) is 5.91 Å². The summed E-state index contributed by atoms with van der Waals surface area (Å²) >= 11 is 0. The number of imide groups is 1. The van der Waals surface area contributed by atoms with E-state index in [0.29, 0.717) is 40.8 Å². The van der Waals surface area contributed by atoms with Crippen LogP contribution in [0.15, 0.2) is 72.4 Å². The molecule has 2 aromatic rings. The number of amides is 2. The largest absolute Gasteiger partial charge is 0.387 e. The van der Waals surface area contributed by atoms with Crippen molar-refractivity contribution in [2.45, 2.75) is 52.4 Å². The number of rotatable bonds is 3. The fourth-order valence-corrected chi connectivity index (χ4v) is 8.23. The van der Waals surface area contributed by atoms with Crippen molar-refractivity contribution in [1.29, 1.82) is 0 Å². The van der Waals surface area contributed by atoms with Crippen LogP contribution >= 0.6 is 0 Å². The second kappa shape index (κ2) is 8.97. The lowest BCUT2D eigenvalue weighted by molar-refractivity contribution is -0.133. The Morgan fingerprint density at radius 2 is 1.62 bits per heavy atom. The summed E-state index contributed by atoms with van der Waals surface area (Å²) in [6, 6.07) is 17.8. The lowest BCUT2D eigenvalue weighted by atomic mass is 9.50. The highest BCUT2D eigenvalue weighted by Gasteiger charge is 2.58. The Hall–Kier alpha value is -3.21. The normalized spacial score (nSPS) is 34.3. The Morgan fingerprint density at radius 3 is 2.35 bits per heavy atom. The molecular weight excluding hydrogens is 460 g/mol. The molecule has 0 spiro atoms. The van der Waals surface area contributed by atoms with Crippen LogP contribution in [-0.4, -0.2) is 24.1 Å². The molecule has 0 aromatic heterocycles. The van der Waals surface area contributed by atoms with Crippen molar-refractivity contribution in [3.05, 3.63) is 78.0 Å². The first-order chi connectivity index (χ1) is 17.8. The van der Waals surface area contributed by atoms with Gasteiger partial charge in [-0.1, -0.05) is 56.7 Å². The number of nitrogens with one attached hydrogen (secondary N) is 1. The predicted octanol–water partition coefficient (Wildman–Crippen LogP) is 5.78. The molecule has 2 saturated carbocycles. The van der Waals surface area contributed by atoms with Crippen LogP contribution in [0.2, 0.25) is 0 Å². The topological polar surface area (TPSA) is 66.5 Å². The Bertz CT molecular complexity index is 1260. The summed E-state index contributed by atoms with van der Waals surface area (Å²) in [7, 11) is 0. The fraction of sp³-hybridized carbons (Fsp3) is 0.469. The summed E-state index contributed by atoms with van der Waals surface area (Å²) in [5.74, 6) is -0.206. The molecular formula is C32H36N2O3. The van der Waals surface area contributed by atoms with E-state index in [0.717, 1.165) is 18.7 Å². The van der Waals surface area contributed by atoms with E-state index in [1.54, 1.807) is 42.5 Å². The molecule has 3 fully saturated rings. The highest BCUT2D eigenvalue weighted by molar-refractivity contribution is 6.26. The van der Waals surface area contributed by atoms with Crippen LogP contribution < -0.4 is 10.2 Å². The van der Waals surface area contributed by atoms with Crippen molar-refractivity contribution >= 4 is 23.3 Å². The van der Waals surface area contributed by atoms with Crippen LogP contribution in [0.25, 0.3) is 0 Å². The molecule has 2 amide bonds. The van der Waals surface area contributed by atoms with Crippen molar-refractivity contribution < 1.29 is 14.4 Å². The van der Waals surface area contributed by atoms with E-state index < -0.39 is 17.7 Å². The molecule has 1 aliphatic heterocycles. The molecule has 2 aromatic carbocycles. The van der Waals surface area contributed by atoms with Crippen molar-refractivity contribution in [3.8, 4) is 0 Å².